The van der Waals surface area contributed by atoms with Gasteiger partial charge in [0.25, 0.3) is 0 Å². The number of benzene rings is 1. The van der Waals surface area contributed by atoms with Gasteiger partial charge in [-0.3, -0.25) is 0 Å². The summed E-state index contributed by atoms with van der Waals surface area (Å²) in [5, 5.41) is 3.19. The Bertz CT molecular complexity index is 480. The number of pyridine rings is 1. The summed E-state index contributed by atoms with van der Waals surface area (Å²) in [6, 6.07) is 11.3. The molecule has 0 radical (unpaired) electrons. The van der Waals surface area contributed by atoms with Gasteiger partial charge >= 0.3 is 0 Å². The van der Waals surface area contributed by atoms with Crippen molar-refractivity contribution in [2.45, 2.75) is 19.9 Å². The molecular weight excluding hydrogens is 215 g/mol. The van der Waals surface area contributed by atoms with Crippen LogP contribution in [0.1, 0.15) is 18.1 Å². The molecule has 1 N–H and O–H groups in total. The number of rotatable bonds is 4. The molecule has 1 aromatic heterocycles. The zero-order valence-electron chi connectivity index (χ0n) is 9.78. The van der Waals surface area contributed by atoms with Crippen molar-refractivity contribution < 1.29 is 4.39 Å². The number of nitrogens with one attached hydrogen (secondary N) is 1. The molecular formula is C14H15FN2. The van der Waals surface area contributed by atoms with Gasteiger partial charge in [0.05, 0.1) is 6.20 Å². The van der Waals surface area contributed by atoms with Gasteiger partial charge in [-0.2, -0.15) is 0 Å². The average Bonchev–Trinajstić information content (AvgIpc) is 2.38. The lowest BCUT2D eigenvalue weighted by Gasteiger charge is -2.09. The zero-order chi connectivity index (χ0) is 12.1. The Morgan fingerprint density at radius 1 is 1.12 bits per heavy atom. The van der Waals surface area contributed by atoms with Crippen LogP contribution in [0.5, 0.6) is 0 Å². The van der Waals surface area contributed by atoms with Gasteiger partial charge in [-0.1, -0.05) is 31.2 Å². The van der Waals surface area contributed by atoms with Crippen LogP contribution in [0.3, 0.4) is 0 Å². The SMILES string of the molecule is CCc1ccccc1CNc1ccc(F)cn1. The van der Waals surface area contributed by atoms with E-state index in [-0.39, 0.29) is 5.82 Å². The van der Waals surface area contributed by atoms with Crippen LogP contribution in [0.4, 0.5) is 10.2 Å². The van der Waals surface area contributed by atoms with Gasteiger partial charge in [0, 0.05) is 6.54 Å². The standard InChI is InChI=1S/C14H15FN2/c1-2-11-5-3-4-6-12(11)9-16-14-8-7-13(15)10-17-14/h3-8,10H,2,9H2,1H3,(H,16,17). The minimum atomic E-state index is -0.315. The molecule has 3 heteroatoms. The summed E-state index contributed by atoms with van der Waals surface area (Å²) >= 11 is 0. The molecule has 0 unspecified atom stereocenters. The summed E-state index contributed by atoms with van der Waals surface area (Å²) in [4.78, 5) is 3.96. The van der Waals surface area contributed by atoms with Gasteiger partial charge in [0.2, 0.25) is 0 Å². The van der Waals surface area contributed by atoms with E-state index in [1.165, 1.54) is 23.4 Å². The molecule has 0 aliphatic heterocycles. The first-order chi connectivity index (χ1) is 8.29. The Morgan fingerprint density at radius 3 is 2.53 bits per heavy atom. The van der Waals surface area contributed by atoms with Crippen molar-refractivity contribution in [1.29, 1.82) is 0 Å². The van der Waals surface area contributed by atoms with E-state index in [2.05, 4.69) is 29.4 Å². The molecule has 2 aromatic rings. The first-order valence-corrected chi connectivity index (χ1v) is 5.72. The molecule has 17 heavy (non-hydrogen) atoms. The molecule has 0 saturated heterocycles. The summed E-state index contributed by atoms with van der Waals surface area (Å²) in [5.41, 5.74) is 2.57. The molecule has 0 bridgehead atoms. The lowest BCUT2D eigenvalue weighted by Crippen LogP contribution is -2.03. The zero-order valence-corrected chi connectivity index (χ0v) is 9.78. The lowest BCUT2D eigenvalue weighted by molar-refractivity contribution is 0.621. The van der Waals surface area contributed by atoms with Crippen LogP contribution in [0.25, 0.3) is 0 Å². The van der Waals surface area contributed by atoms with Crippen LogP contribution in [0.2, 0.25) is 0 Å². The fourth-order valence-electron chi connectivity index (χ4n) is 1.74. The molecule has 1 heterocycles. The maximum absolute atomic E-state index is 12.7. The number of nitrogens with zero attached hydrogens (tertiary/aromatic N) is 1. The van der Waals surface area contributed by atoms with Crippen molar-refractivity contribution >= 4 is 5.82 Å². The van der Waals surface area contributed by atoms with Gasteiger partial charge in [0.1, 0.15) is 11.6 Å². The first-order valence-electron chi connectivity index (χ1n) is 5.72. The fourth-order valence-corrected chi connectivity index (χ4v) is 1.74. The monoisotopic (exact) mass is 230 g/mol. The molecule has 0 atom stereocenters. The minimum Gasteiger partial charge on any atom is -0.366 e. The Morgan fingerprint density at radius 2 is 1.88 bits per heavy atom. The summed E-state index contributed by atoms with van der Waals surface area (Å²) in [7, 11) is 0. The number of anilines is 1. The first kappa shape index (κ1) is 11.6. The topological polar surface area (TPSA) is 24.9 Å². The molecule has 0 saturated carbocycles. The van der Waals surface area contributed by atoms with E-state index in [0.717, 1.165) is 6.42 Å². The number of aromatic nitrogens is 1. The second kappa shape index (κ2) is 5.43. The Kier molecular flexibility index (Phi) is 3.70. The van der Waals surface area contributed by atoms with Crippen molar-refractivity contribution in [3.8, 4) is 0 Å². The molecule has 2 rings (SSSR count). The van der Waals surface area contributed by atoms with Gasteiger partial charge < -0.3 is 5.32 Å². The van der Waals surface area contributed by atoms with E-state index in [4.69, 9.17) is 0 Å². The summed E-state index contributed by atoms with van der Waals surface area (Å²) in [6.45, 7) is 2.84. The molecule has 1 aromatic carbocycles. The van der Waals surface area contributed by atoms with Gasteiger partial charge in [-0.05, 0) is 29.7 Å². The maximum atomic E-state index is 12.7. The number of aryl methyl sites for hydroxylation is 1. The Hall–Kier alpha value is -1.90. The van der Waals surface area contributed by atoms with E-state index in [9.17, 15) is 4.39 Å². The summed E-state index contributed by atoms with van der Waals surface area (Å²) < 4.78 is 12.7. The maximum Gasteiger partial charge on any atom is 0.141 e. The largest absolute Gasteiger partial charge is 0.366 e. The van der Waals surface area contributed by atoms with E-state index < -0.39 is 0 Å². The number of halogens is 1. The van der Waals surface area contributed by atoms with Gasteiger partial charge in [0.15, 0.2) is 0 Å². The van der Waals surface area contributed by atoms with Crippen LogP contribution >= 0.6 is 0 Å². The van der Waals surface area contributed by atoms with Gasteiger partial charge in [-0.15, -0.1) is 0 Å². The summed E-state index contributed by atoms with van der Waals surface area (Å²) in [6.07, 6.45) is 2.22. The third-order valence-corrected chi connectivity index (χ3v) is 2.69. The van der Waals surface area contributed by atoms with Crippen LogP contribution < -0.4 is 5.32 Å². The van der Waals surface area contributed by atoms with Crippen molar-refractivity contribution in [2.75, 3.05) is 5.32 Å². The molecule has 2 nitrogen and oxygen atoms in total. The normalized spacial score (nSPS) is 10.2. The number of hydrogen-bond donors (Lipinski definition) is 1. The van der Waals surface area contributed by atoms with Crippen molar-refractivity contribution in [3.63, 3.8) is 0 Å². The van der Waals surface area contributed by atoms with E-state index in [1.807, 2.05) is 12.1 Å². The lowest BCUT2D eigenvalue weighted by atomic mass is 10.1. The quantitative estimate of drug-likeness (QED) is 0.870. The third-order valence-electron chi connectivity index (χ3n) is 2.69. The molecule has 0 fully saturated rings. The van der Waals surface area contributed by atoms with E-state index in [1.54, 1.807) is 6.07 Å². The van der Waals surface area contributed by atoms with Crippen LogP contribution in [0, 0.1) is 5.82 Å². The van der Waals surface area contributed by atoms with Crippen molar-refractivity contribution in [1.82, 2.24) is 4.98 Å². The summed E-state index contributed by atoms with van der Waals surface area (Å²) in [5.74, 6) is 0.377. The second-order valence-corrected chi connectivity index (χ2v) is 3.84. The highest BCUT2D eigenvalue weighted by atomic mass is 19.1. The average molecular weight is 230 g/mol. The highest BCUT2D eigenvalue weighted by Gasteiger charge is 2.00. The molecule has 0 aliphatic rings. The fraction of sp³-hybridized carbons (Fsp3) is 0.214. The molecule has 0 spiro atoms. The van der Waals surface area contributed by atoms with Crippen LogP contribution in [-0.2, 0) is 13.0 Å². The Balaban J connectivity index is 2.04. The highest BCUT2D eigenvalue weighted by Crippen LogP contribution is 2.12. The van der Waals surface area contributed by atoms with E-state index in [0.29, 0.717) is 12.4 Å². The highest BCUT2D eigenvalue weighted by molar-refractivity contribution is 5.37. The predicted octanol–water partition coefficient (Wildman–Crippen LogP) is 3.40. The van der Waals surface area contributed by atoms with Crippen molar-refractivity contribution in [3.05, 3.63) is 59.5 Å². The second-order valence-electron chi connectivity index (χ2n) is 3.84. The smallest absolute Gasteiger partial charge is 0.141 e. The van der Waals surface area contributed by atoms with Gasteiger partial charge in [-0.25, -0.2) is 9.37 Å². The van der Waals surface area contributed by atoms with Crippen LogP contribution in [-0.4, -0.2) is 4.98 Å². The molecule has 0 amide bonds. The van der Waals surface area contributed by atoms with E-state index >= 15 is 0 Å². The number of hydrogen-bond acceptors (Lipinski definition) is 2. The van der Waals surface area contributed by atoms with Crippen LogP contribution in [0.15, 0.2) is 42.6 Å². The molecule has 0 aliphatic carbocycles. The predicted molar refractivity (Wildman–Crippen MR) is 67.3 cm³/mol. The van der Waals surface area contributed by atoms with Crippen molar-refractivity contribution in [2.24, 2.45) is 0 Å². The minimum absolute atomic E-state index is 0.315. The Labute approximate surface area is 101 Å². The third kappa shape index (κ3) is 3.03. The molecule has 88 valence electrons.